The lowest BCUT2D eigenvalue weighted by Crippen LogP contribution is -2.28. The van der Waals surface area contributed by atoms with E-state index in [0.717, 1.165) is 39.1 Å². The van der Waals surface area contributed by atoms with E-state index in [0.29, 0.717) is 19.4 Å². The van der Waals surface area contributed by atoms with Crippen LogP contribution in [0.2, 0.25) is 0 Å². The Labute approximate surface area is 197 Å². The van der Waals surface area contributed by atoms with Crippen LogP contribution in [0.3, 0.4) is 0 Å². The fourth-order valence-electron chi connectivity index (χ4n) is 4.32. The minimum Gasteiger partial charge on any atom is -0.513 e. The number of methoxy groups -OCH3 is 1. The van der Waals surface area contributed by atoms with Gasteiger partial charge in [0.1, 0.15) is 5.82 Å². The van der Waals surface area contributed by atoms with Crippen molar-refractivity contribution in [2.45, 2.75) is 46.0 Å². The summed E-state index contributed by atoms with van der Waals surface area (Å²) in [6.45, 7) is 16.4. The maximum absolute atomic E-state index is 13.7. The standard InChI is InChI=1S/C26H31FN2O2.C2H6/c1-7-18-14-24-22(15-23(18)28-5)21(13-8-17(2)30)25(26(3,4)16-31-6)29(24)20-11-9-19(27)10-12-20;1-2/h7,9-12,14-15,28,30H,1-2,8,13,16H2,3-6H3;1-2H3. The molecule has 0 saturated heterocycles. The second-order valence-electron chi connectivity index (χ2n) is 8.43. The summed E-state index contributed by atoms with van der Waals surface area (Å²) in [4.78, 5) is 0. The minimum atomic E-state index is -0.345. The number of hydrogen-bond acceptors (Lipinski definition) is 3. The highest BCUT2D eigenvalue weighted by molar-refractivity contribution is 5.93. The fourth-order valence-corrected chi connectivity index (χ4v) is 4.32. The van der Waals surface area contributed by atoms with Crippen LogP contribution in [0.4, 0.5) is 10.1 Å². The topological polar surface area (TPSA) is 46.4 Å². The number of rotatable bonds is 9. The molecule has 0 aliphatic heterocycles. The molecule has 1 aromatic heterocycles. The summed E-state index contributed by atoms with van der Waals surface area (Å²) in [5.41, 5.74) is 5.65. The van der Waals surface area contributed by atoms with Gasteiger partial charge in [-0.25, -0.2) is 4.39 Å². The molecule has 3 aromatic rings. The summed E-state index contributed by atoms with van der Waals surface area (Å²) in [5, 5.41) is 14.1. The highest BCUT2D eigenvalue weighted by atomic mass is 19.1. The third-order valence-electron chi connectivity index (χ3n) is 5.63. The van der Waals surface area contributed by atoms with Crippen molar-refractivity contribution in [3.63, 3.8) is 0 Å². The molecule has 0 fully saturated rings. The molecule has 2 N–H and O–H groups in total. The number of anilines is 1. The van der Waals surface area contributed by atoms with Crippen LogP contribution in [0, 0.1) is 5.82 Å². The van der Waals surface area contributed by atoms with E-state index < -0.39 is 0 Å². The van der Waals surface area contributed by atoms with Crippen LogP contribution in [0.5, 0.6) is 0 Å². The molecule has 0 bridgehead atoms. The van der Waals surface area contributed by atoms with Gasteiger partial charge in [-0.3, -0.25) is 0 Å². The second-order valence-corrected chi connectivity index (χ2v) is 8.43. The Bertz CT molecular complexity index is 1110. The first-order valence-corrected chi connectivity index (χ1v) is 11.4. The van der Waals surface area contributed by atoms with Crippen LogP contribution < -0.4 is 5.32 Å². The fraction of sp³-hybridized carbons (Fsp3) is 0.357. The zero-order valence-corrected chi connectivity index (χ0v) is 20.8. The molecular weight excluding hydrogens is 415 g/mol. The van der Waals surface area contributed by atoms with Crippen LogP contribution in [0.25, 0.3) is 22.7 Å². The number of nitrogens with one attached hydrogen (secondary N) is 1. The van der Waals surface area contributed by atoms with Crippen LogP contribution >= 0.6 is 0 Å². The number of halogens is 1. The molecule has 0 aliphatic carbocycles. The van der Waals surface area contributed by atoms with Crippen molar-refractivity contribution in [3.8, 4) is 5.69 Å². The number of ether oxygens (including phenoxy) is 1. The van der Waals surface area contributed by atoms with Gasteiger partial charge < -0.3 is 19.7 Å². The summed E-state index contributed by atoms with van der Waals surface area (Å²) in [6, 6.07) is 10.7. The van der Waals surface area contributed by atoms with Gasteiger partial charge in [0.15, 0.2) is 0 Å². The number of aromatic nitrogens is 1. The van der Waals surface area contributed by atoms with E-state index in [4.69, 9.17) is 4.74 Å². The SMILES string of the molecule is C=Cc1cc2c(cc1NC)c(CCC(=C)O)c(C(C)(C)COC)n2-c1ccc(F)cc1.CC. The lowest BCUT2D eigenvalue weighted by Gasteiger charge is -2.28. The predicted octanol–water partition coefficient (Wildman–Crippen LogP) is 7.41. The first-order valence-electron chi connectivity index (χ1n) is 11.4. The van der Waals surface area contributed by atoms with Crippen molar-refractivity contribution >= 4 is 22.7 Å². The Hall–Kier alpha value is -3.05. The first kappa shape index (κ1) is 26.2. The lowest BCUT2D eigenvalue weighted by atomic mass is 9.85. The van der Waals surface area contributed by atoms with Crippen molar-refractivity contribution in [1.29, 1.82) is 0 Å². The van der Waals surface area contributed by atoms with Crippen molar-refractivity contribution in [2.75, 3.05) is 26.1 Å². The summed E-state index contributed by atoms with van der Waals surface area (Å²) in [6.07, 6.45) is 2.90. The molecule has 0 atom stereocenters. The zero-order valence-electron chi connectivity index (χ0n) is 20.8. The number of aliphatic hydroxyl groups excluding tert-OH is 1. The highest BCUT2D eigenvalue weighted by Gasteiger charge is 2.31. The molecule has 33 heavy (non-hydrogen) atoms. The number of fused-ring (bicyclic) bond motifs is 1. The molecule has 3 rings (SSSR count). The molecule has 0 radical (unpaired) electrons. The largest absolute Gasteiger partial charge is 0.513 e. The molecule has 5 heteroatoms. The molecule has 0 aliphatic rings. The second kappa shape index (κ2) is 11.2. The van der Waals surface area contributed by atoms with Crippen LogP contribution in [-0.4, -0.2) is 30.4 Å². The molecule has 2 aromatic carbocycles. The molecule has 0 unspecified atom stereocenters. The molecule has 0 amide bonds. The van der Waals surface area contributed by atoms with Crippen molar-refractivity contribution in [1.82, 2.24) is 4.57 Å². The van der Waals surface area contributed by atoms with E-state index in [1.165, 1.54) is 12.1 Å². The van der Waals surface area contributed by atoms with Gasteiger partial charge in [-0.1, -0.05) is 46.9 Å². The third kappa shape index (κ3) is 5.48. The molecular formula is C28H37FN2O2. The number of aliphatic hydroxyl groups is 1. The number of nitrogens with zero attached hydrogens (tertiary/aromatic N) is 1. The number of aryl methyl sites for hydroxylation is 1. The van der Waals surface area contributed by atoms with Gasteiger partial charge in [0.05, 0.1) is 17.9 Å². The van der Waals surface area contributed by atoms with Gasteiger partial charge in [0.25, 0.3) is 0 Å². The Kier molecular flexibility index (Phi) is 8.89. The Balaban J connectivity index is 0.00000187. The Morgan fingerprint density at radius 1 is 1.21 bits per heavy atom. The van der Waals surface area contributed by atoms with Crippen molar-refractivity contribution in [2.24, 2.45) is 0 Å². The highest BCUT2D eigenvalue weighted by Crippen LogP contribution is 2.40. The quantitative estimate of drug-likeness (QED) is 0.332. The van der Waals surface area contributed by atoms with Crippen molar-refractivity contribution < 1.29 is 14.2 Å². The summed E-state index contributed by atoms with van der Waals surface area (Å²) < 4.78 is 21.5. The Morgan fingerprint density at radius 2 is 1.85 bits per heavy atom. The molecule has 0 saturated carbocycles. The molecule has 178 valence electrons. The van der Waals surface area contributed by atoms with Gasteiger partial charge in [-0.2, -0.15) is 0 Å². The maximum atomic E-state index is 13.7. The van der Waals surface area contributed by atoms with Gasteiger partial charge >= 0.3 is 0 Å². The van der Waals surface area contributed by atoms with E-state index in [9.17, 15) is 9.50 Å². The smallest absolute Gasteiger partial charge is 0.123 e. The van der Waals surface area contributed by atoms with E-state index >= 15 is 0 Å². The van der Waals surface area contributed by atoms with Gasteiger partial charge in [-0.05, 0) is 53.9 Å². The minimum absolute atomic E-state index is 0.148. The monoisotopic (exact) mass is 452 g/mol. The lowest BCUT2D eigenvalue weighted by molar-refractivity contribution is 0.143. The van der Waals surface area contributed by atoms with Gasteiger partial charge in [0.2, 0.25) is 0 Å². The summed E-state index contributed by atoms with van der Waals surface area (Å²) in [7, 11) is 3.58. The average Bonchev–Trinajstić information content (AvgIpc) is 3.12. The molecule has 4 nitrogen and oxygen atoms in total. The molecule has 0 spiro atoms. The number of benzene rings is 2. The zero-order chi connectivity index (χ0) is 24.8. The number of allylic oxidation sites excluding steroid dienone is 1. The first-order chi connectivity index (χ1) is 15.7. The van der Waals surface area contributed by atoms with Crippen LogP contribution in [-0.2, 0) is 16.6 Å². The van der Waals surface area contributed by atoms with E-state index in [1.807, 2.05) is 27.0 Å². The summed E-state index contributed by atoms with van der Waals surface area (Å²) >= 11 is 0. The van der Waals surface area contributed by atoms with Gasteiger partial charge in [0, 0.05) is 48.4 Å². The van der Waals surface area contributed by atoms with E-state index in [-0.39, 0.29) is 17.0 Å². The normalized spacial score (nSPS) is 11.1. The predicted molar refractivity (Wildman–Crippen MR) is 139 cm³/mol. The summed E-state index contributed by atoms with van der Waals surface area (Å²) in [5.74, 6) is -0.131. The van der Waals surface area contributed by atoms with E-state index in [2.05, 4.69) is 49.0 Å². The number of hydrogen-bond donors (Lipinski definition) is 2. The Morgan fingerprint density at radius 3 is 2.36 bits per heavy atom. The van der Waals surface area contributed by atoms with Gasteiger partial charge in [-0.15, -0.1) is 0 Å². The molecule has 1 heterocycles. The maximum Gasteiger partial charge on any atom is 0.123 e. The third-order valence-corrected chi connectivity index (χ3v) is 5.63. The van der Waals surface area contributed by atoms with Crippen LogP contribution in [0.15, 0.2) is 55.3 Å². The van der Waals surface area contributed by atoms with Crippen molar-refractivity contribution in [3.05, 3.63) is 78.0 Å². The average molecular weight is 453 g/mol. The van der Waals surface area contributed by atoms with E-state index in [1.54, 1.807) is 19.2 Å². The van der Waals surface area contributed by atoms with Crippen LogP contribution in [0.1, 0.15) is 50.9 Å².